The molecule has 0 radical (unpaired) electrons. The van der Waals surface area contributed by atoms with Crippen molar-refractivity contribution in [3.63, 3.8) is 0 Å². The fourth-order valence-electron chi connectivity index (χ4n) is 0. The summed E-state index contributed by atoms with van der Waals surface area (Å²) in [5.74, 6) is 0. The van der Waals surface area contributed by atoms with Crippen molar-refractivity contribution in [3.8, 4) is 0 Å². The molecule has 7 heavy (non-hydrogen) atoms. The molecular weight excluding hydrogens is 138 g/mol. The van der Waals surface area contributed by atoms with Gasteiger partial charge in [0, 0.05) is 5.54 Å². The fourth-order valence-corrected chi connectivity index (χ4v) is 0. The van der Waals surface area contributed by atoms with Crippen molar-refractivity contribution in [2.45, 2.75) is 19.4 Å². The van der Waals surface area contributed by atoms with E-state index in [-0.39, 0.29) is 0 Å². The highest BCUT2D eigenvalue weighted by Gasteiger charge is 2.36. The normalized spacial score (nSPS) is 12.9. The van der Waals surface area contributed by atoms with Crippen molar-refractivity contribution in [3.05, 3.63) is 0 Å². The van der Waals surface area contributed by atoms with Crippen LogP contribution in [-0.4, -0.2) is 8.05 Å². The molecule has 0 amide bonds. The third kappa shape index (κ3) is 3.00. The first kappa shape index (κ1) is 7.37. The zero-order valence-corrected chi connectivity index (χ0v) is 5.97. The largest absolute Gasteiger partial charge is 0.523 e. The molecule has 0 saturated carbocycles. The Balaban J connectivity index is 3.54. The Morgan fingerprint density at radius 2 is 1.57 bits per heavy atom. The van der Waals surface area contributed by atoms with Gasteiger partial charge in [0.25, 0.3) is 0 Å². The molecule has 0 unspecified atom stereocenters. The summed E-state index contributed by atoms with van der Waals surface area (Å²) in [6.45, 7) is 2.86. The van der Waals surface area contributed by atoms with Gasteiger partial charge in [0.1, 0.15) is 0 Å². The predicted octanol–water partition coefficient (Wildman–Crippen LogP) is 2.51. The molecule has 0 aromatic heterocycles. The molecule has 0 aromatic carbocycles. The summed E-state index contributed by atoms with van der Waals surface area (Å²) >= 11 is 4.67. The summed E-state index contributed by atoms with van der Waals surface area (Å²) in [6.07, 6.45) is 0. The van der Waals surface area contributed by atoms with Gasteiger partial charge in [0.2, 0.25) is 0 Å². The predicted molar refractivity (Wildman–Crippen MR) is 28.9 cm³/mol. The van der Waals surface area contributed by atoms with E-state index in [0.29, 0.717) is 0 Å². The van der Waals surface area contributed by atoms with Gasteiger partial charge >= 0.3 is 8.05 Å². The van der Waals surface area contributed by atoms with Gasteiger partial charge in [-0.15, -0.1) is 0 Å². The minimum atomic E-state index is -4.26. The monoisotopic (exact) mass is 144 g/mol. The standard InChI is InChI=1S/C3H7ClF2Si/c1-3(2)7(4,5)6/h3H,1-2H3. The summed E-state index contributed by atoms with van der Waals surface area (Å²) in [6, 6.07) is 0. The average Bonchev–Trinajstić information content (AvgIpc) is 1.31. The van der Waals surface area contributed by atoms with Gasteiger partial charge in [0.15, 0.2) is 0 Å². The van der Waals surface area contributed by atoms with Crippen molar-refractivity contribution in [2.75, 3.05) is 0 Å². The van der Waals surface area contributed by atoms with E-state index in [2.05, 4.69) is 11.1 Å². The second-order valence-electron chi connectivity index (χ2n) is 1.70. The molecule has 0 fully saturated rings. The van der Waals surface area contributed by atoms with E-state index in [0.717, 1.165) is 0 Å². The quantitative estimate of drug-likeness (QED) is 0.392. The van der Waals surface area contributed by atoms with E-state index in [1.54, 1.807) is 0 Å². The molecule has 0 rings (SSSR count). The van der Waals surface area contributed by atoms with Crippen LogP contribution in [0.4, 0.5) is 8.22 Å². The topological polar surface area (TPSA) is 0 Å². The molecule has 0 aliphatic carbocycles. The first-order chi connectivity index (χ1) is 2.94. The third-order valence-electron chi connectivity index (χ3n) is 0.655. The molecule has 0 nitrogen and oxygen atoms in total. The lowest BCUT2D eigenvalue weighted by atomic mass is 10.6. The summed E-state index contributed by atoms with van der Waals surface area (Å²) in [5, 5.41) is 0. The van der Waals surface area contributed by atoms with Gasteiger partial charge in [0.05, 0.1) is 0 Å². The van der Waals surface area contributed by atoms with Gasteiger partial charge in [-0.1, -0.05) is 24.9 Å². The van der Waals surface area contributed by atoms with Crippen LogP contribution < -0.4 is 0 Å². The van der Waals surface area contributed by atoms with Crippen LogP contribution in [0.5, 0.6) is 0 Å². The lowest BCUT2D eigenvalue weighted by Gasteiger charge is -2.05. The van der Waals surface area contributed by atoms with E-state index >= 15 is 0 Å². The maximum atomic E-state index is 11.7. The van der Waals surface area contributed by atoms with Crippen LogP contribution in [0.1, 0.15) is 13.8 Å². The molecular formula is C3H7ClF2Si. The Labute approximate surface area is 47.5 Å². The molecule has 4 heteroatoms. The van der Waals surface area contributed by atoms with Crippen LogP contribution in [0.25, 0.3) is 0 Å². The van der Waals surface area contributed by atoms with Gasteiger partial charge < -0.3 is 0 Å². The first-order valence-electron chi connectivity index (χ1n) is 2.01. The lowest BCUT2D eigenvalue weighted by Crippen LogP contribution is -2.16. The van der Waals surface area contributed by atoms with E-state index in [1.165, 1.54) is 13.8 Å². The van der Waals surface area contributed by atoms with Crippen molar-refractivity contribution in [1.82, 2.24) is 0 Å². The van der Waals surface area contributed by atoms with Gasteiger partial charge in [-0.25, -0.2) is 0 Å². The Hall–Kier alpha value is 0.367. The number of hydrogen-bond acceptors (Lipinski definition) is 0. The van der Waals surface area contributed by atoms with Crippen molar-refractivity contribution < 1.29 is 8.22 Å². The number of hydrogen-bond donors (Lipinski definition) is 0. The van der Waals surface area contributed by atoms with E-state index in [9.17, 15) is 8.22 Å². The molecule has 0 heterocycles. The molecule has 0 aromatic rings. The van der Waals surface area contributed by atoms with E-state index < -0.39 is 13.6 Å². The minimum absolute atomic E-state index is 0.630. The minimum Gasteiger partial charge on any atom is -0.252 e. The maximum absolute atomic E-state index is 11.7. The van der Waals surface area contributed by atoms with Crippen molar-refractivity contribution in [1.29, 1.82) is 0 Å². The van der Waals surface area contributed by atoms with E-state index in [1.807, 2.05) is 0 Å². The average molecular weight is 145 g/mol. The van der Waals surface area contributed by atoms with Crippen molar-refractivity contribution in [2.24, 2.45) is 0 Å². The lowest BCUT2D eigenvalue weighted by molar-refractivity contribution is 0.608. The molecule has 44 valence electrons. The van der Waals surface area contributed by atoms with Crippen molar-refractivity contribution >= 4 is 19.1 Å². The summed E-state index contributed by atoms with van der Waals surface area (Å²) < 4.78 is 23.5. The highest BCUT2D eigenvalue weighted by Crippen LogP contribution is 2.26. The van der Waals surface area contributed by atoms with E-state index in [4.69, 9.17) is 0 Å². The van der Waals surface area contributed by atoms with Crippen LogP contribution >= 0.6 is 11.1 Å². The Morgan fingerprint density at radius 1 is 1.43 bits per heavy atom. The summed E-state index contributed by atoms with van der Waals surface area (Å²) in [4.78, 5) is 0. The summed E-state index contributed by atoms with van der Waals surface area (Å²) in [5.41, 5.74) is -0.630. The van der Waals surface area contributed by atoms with Crippen LogP contribution in [-0.2, 0) is 0 Å². The van der Waals surface area contributed by atoms with Gasteiger partial charge in [-0.3, -0.25) is 8.22 Å². The smallest absolute Gasteiger partial charge is 0.252 e. The molecule has 0 N–H and O–H groups in total. The van der Waals surface area contributed by atoms with Crippen LogP contribution in [0.2, 0.25) is 5.54 Å². The molecule has 0 aliphatic rings. The Morgan fingerprint density at radius 3 is 1.57 bits per heavy atom. The highest BCUT2D eigenvalue weighted by atomic mass is 35.6. The third-order valence-corrected chi connectivity index (χ3v) is 3.27. The van der Waals surface area contributed by atoms with Crippen LogP contribution in [0, 0.1) is 0 Å². The second kappa shape index (κ2) is 2.09. The molecule has 0 aliphatic heterocycles. The fraction of sp³-hybridized carbons (Fsp3) is 1.00. The van der Waals surface area contributed by atoms with Gasteiger partial charge in [-0.2, -0.15) is 0 Å². The SMILES string of the molecule is CC(C)[Si](F)(F)Cl. The van der Waals surface area contributed by atoms with Gasteiger partial charge in [-0.05, 0) is 0 Å². The zero-order valence-electron chi connectivity index (χ0n) is 4.21. The van der Waals surface area contributed by atoms with Crippen LogP contribution in [0.3, 0.4) is 0 Å². The highest BCUT2D eigenvalue weighted by molar-refractivity contribution is 7.12. The molecule has 0 spiro atoms. The number of rotatable bonds is 1. The first-order valence-corrected chi connectivity index (χ1v) is 4.86. The summed E-state index contributed by atoms with van der Waals surface area (Å²) in [7, 11) is -4.26. The molecule has 0 bridgehead atoms. The zero-order chi connectivity index (χ0) is 6.08. The Bertz CT molecular complexity index is 58.4. The number of halogens is 3. The maximum Gasteiger partial charge on any atom is 0.523 e. The van der Waals surface area contributed by atoms with Crippen LogP contribution in [0.15, 0.2) is 0 Å². The molecule has 0 atom stereocenters. The molecule has 0 saturated heterocycles. The Kier molecular flexibility index (Phi) is 2.20. The second-order valence-corrected chi connectivity index (χ2v) is 5.45.